The molecule has 4 nitrogen and oxygen atoms in total. The van der Waals surface area contributed by atoms with Crippen LogP contribution in [0.4, 0.5) is 0 Å². The normalized spacial score (nSPS) is 24.0. The van der Waals surface area contributed by atoms with Crippen LogP contribution in [0.1, 0.15) is 42.7 Å². The van der Waals surface area contributed by atoms with Crippen molar-refractivity contribution >= 4 is 15.9 Å². The van der Waals surface area contributed by atoms with Crippen molar-refractivity contribution in [1.29, 1.82) is 0 Å². The molecule has 1 aromatic rings. The number of hydrogen-bond acceptors (Lipinski definition) is 3. The van der Waals surface area contributed by atoms with Crippen molar-refractivity contribution in [2.24, 2.45) is 0 Å². The van der Waals surface area contributed by atoms with Gasteiger partial charge in [-0.15, -0.1) is 5.10 Å². The largest absolute Gasteiger partial charge is 0.379 e. The fourth-order valence-electron chi connectivity index (χ4n) is 1.75. The maximum atomic E-state index is 5.43. The molecule has 2 rings (SSSR count). The first-order valence-corrected chi connectivity index (χ1v) is 6.36. The molecular formula is C10H16BrN3O. The molecule has 2 atom stereocenters. The molecule has 0 amide bonds. The van der Waals surface area contributed by atoms with Gasteiger partial charge in [-0.2, -0.15) is 0 Å². The van der Waals surface area contributed by atoms with Gasteiger partial charge in [0, 0.05) is 12.8 Å². The minimum atomic E-state index is 0.316. The highest BCUT2D eigenvalue weighted by molar-refractivity contribution is 9.09. The quantitative estimate of drug-likeness (QED) is 0.795. The minimum absolute atomic E-state index is 0.316. The van der Waals surface area contributed by atoms with Crippen molar-refractivity contribution in [3.05, 3.63) is 11.9 Å². The molecule has 2 unspecified atom stereocenters. The number of alkyl halides is 1. The van der Waals surface area contributed by atoms with Gasteiger partial charge in [0.1, 0.15) is 0 Å². The monoisotopic (exact) mass is 273 g/mol. The molecule has 1 saturated heterocycles. The second-order valence-corrected chi connectivity index (χ2v) is 4.98. The second-order valence-electron chi connectivity index (χ2n) is 3.87. The van der Waals surface area contributed by atoms with Crippen LogP contribution in [0.25, 0.3) is 0 Å². The molecule has 15 heavy (non-hydrogen) atoms. The van der Waals surface area contributed by atoms with Crippen molar-refractivity contribution in [2.45, 2.75) is 37.1 Å². The van der Waals surface area contributed by atoms with Gasteiger partial charge >= 0.3 is 0 Å². The fourth-order valence-corrected chi connectivity index (χ4v) is 1.96. The smallest absolute Gasteiger partial charge is 0.0963 e. The molecule has 1 fully saturated rings. The first-order chi connectivity index (χ1) is 7.31. The van der Waals surface area contributed by atoms with E-state index in [9.17, 15) is 0 Å². The Bertz CT molecular complexity index is 309. The number of aromatic nitrogens is 3. The highest BCUT2D eigenvalue weighted by atomic mass is 79.9. The molecule has 1 aliphatic rings. The van der Waals surface area contributed by atoms with E-state index in [-0.39, 0.29) is 0 Å². The predicted octanol–water partition coefficient (Wildman–Crippen LogP) is 2.48. The first kappa shape index (κ1) is 11.1. The van der Waals surface area contributed by atoms with E-state index in [4.69, 9.17) is 4.74 Å². The Labute approximate surface area is 98.1 Å². The van der Waals surface area contributed by atoms with Crippen molar-refractivity contribution in [3.8, 4) is 0 Å². The average Bonchev–Trinajstić information content (AvgIpc) is 2.78. The number of hydrogen-bond donors (Lipinski definition) is 0. The maximum Gasteiger partial charge on any atom is 0.0963 e. The molecule has 1 aliphatic heterocycles. The van der Waals surface area contributed by atoms with Crippen molar-refractivity contribution < 1.29 is 4.74 Å². The molecule has 0 radical (unpaired) electrons. The van der Waals surface area contributed by atoms with Crippen LogP contribution in [-0.4, -0.2) is 28.2 Å². The van der Waals surface area contributed by atoms with Crippen LogP contribution in [0, 0.1) is 0 Å². The van der Waals surface area contributed by atoms with E-state index in [1.807, 2.05) is 10.9 Å². The highest BCUT2D eigenvalue weighted by Gasteiger charge is 2.18. The third kappa shape index (κ3) is 2.58. The lowest BCUT2D eigenvalue weighted by Crippen LogP contribution is -2.21. The van der Waals surface area contributed by atoms with E-state index >= 15 is 0 Å². The van der Waals surface area contributed by atoms with Crippen molar-refractivity contribution in [2.75, 3.05) is 13.2 Å². The molecule has 0 aliphatic carbocycles. The Kier molecular flexibility index (Phi) is 3.75. The van der Waals surface area contributed by atoms with Gasteiger partial charge in [-0.3, -0.25) is 0 Å². The van der Waals surface area contributed by atoms with Crippen LogP contribution >= 0.6 is 15.9 Å². The van der Waals surface area contributed by atoms with Crippen LogP contribution in [0.15, 0.2) is 6.20 Å². The van der Waals surface area contributed by atoms with E-state index in [0.29, 0.717) is 10.9 Å². The summed E-state index contributed by atoms with van der Waals surface area (Å²) >= 11 is 3.58. The van der Waals surface area contributed by atoms with Gasteiger partial charge in [0.05, 0.1) is 23.2 Å². The van der Waals surface area contributed by atoms with Crippen molar-refractivity contribution in [1.82, 2.24) is 15.0 Å². The zero-order chi connectivity index (χ0) is 10.7. The number of ether oxygens (including phenoxy) is 1. The van der Waals surface area contributed by atoms with E-state index < -0.39 is 0 Å². The first-order valence-electron chi connectivity index (χ1n) is 5.44. The highest BCUT2D eigenvalue weighted by Crippen LogP contribution is 2.25. The standard InChI is InChI=1S/C10H16BrN3O/c1-2-9(11)10-6-14(13-12-10)8-4-3-5-15-7-8/h6,8-9H,2-5,7H2,1H3. The molecule has 5 heteroatoms. The van der Waals surface area contributed by atoms with E-state index in [1.54, 1.807) is 0 Å². The van der Waals surface area contributed by atoms with Gasteiger partial charge < -0.3 is 4.74 Å². The van der Waals surface area contributed by atoms with E-state index in [1.165, 1.54) is 0 Å². The summed E-state index contributed by atoms with van der Waals surface area (Å²) < 4.78 is 7.38. The van der Waals surface area contributed by atoms with Gasteiger partial charge in [-0.05, 0) is 19.3 Å². The molecule has 0 spiro atoms. The summed E-state index contributed by atoms with van der Waals surface area (Å²) in [7, 11) is 0. The van der Waals surface area contributed by atoms with E-state index in [0.717, 1.165) is 38.2 Å². The SMILES string of the molecule is CCC(Br)c1cn(C2CCCOC2)nn1. The lowest BCUT2D eigenvalue weighted by Gasteiger charge is -2.21. The Morgan fingerprint density at radius 1 is 1.73 bits per heavy atom. The summed E-state index contributed by atoms with van der Waals surface area (Å²) in [4.78, 5) is 0.316. The molecule has 84 valence electrons. The van der Waals surface area contributed by atoms with Gasteiger partial charge in [-0.1, -0.05) is 28.1 Å². The molecular weight excluding hydrogens is 258 g/mol. The maximum absolute atomic E-state index is 5.43. The zero-order valence-corrected chi connectivity index (χ0v) is 10.5. The minimum Gasteiger partial charge on any atom is -0.379 e. The third-order valence-corrected chi connectivity index (χ3v) is 3.83. The van der Waals surface area contributed by atoms with Crippen LogP contribution in [0.3, 0.4) is 0 Å². The average molecular weight is 274 g/mol. The van der Waals surface area contributed by atoms with Crippen LogP contribution in [0.5, 0.6) is 0 Å². The molecule has 0 aromatic carbocycles. The lowest BCUT2D eigenvalue weighted by molar-refractivity contribution is 0.0543. The fraction of sp³-hybridized carbons (Fsp3) is 0.800. The Morgan fingerprint density at radius 3 is 3.27 bits per heavy atom. The van der Waals surface area contributed by atoms with E-state index in [2.05, 4.69) is 33.2 Å². The van der Waals surface area contributed by atoms with Gasteiger partial charge in [0.15, 0.2) is 0 Å². The Balaban J connectivity index is 2.05. The Hall–Kier alpha value is -0.420. The summed E-state index contributed by atoms with van der Waals surface area (Å²) in [6.07, 6.45) is 5.31. The topological polar surface area (TPSA) is 39.9 Å². The summed E-state index contributed by atoms with van der Waals surface area (Å²) in [5.74, 6) is 0. The summed E-state index contributed by atoms with van der Waals surface area (Å²) in [6.45, 7) is 3.78. The summed E-state index contributed by atoms with van der Waals surface area (Å²) in [5.41, 5.74) is 1.02. The number of rotatable bonds is 3. The molecule has 1 aromatic heterocycles. The van der Waals surface area contributed by atoms with Gasteiger partial charge in [-0.25, -0.2) is 4.68 Å². The van der Waals surface area contributed by atoms with Gasteiger partial charge in [0.25, 0.3) is 0 Å². The van der Waals surface area contributed by atoms with Crippen LogP contribution in [-0.2, 0) is 4.74 Å². The summed E-state index contributed by atoms with van der Waals surface area (Å²) in [5, 5.41) is 8.34. The lowest BCUT2D eigenvalue weighted by atomic mass is 10.1. The van der Waals surface area contributed by atoms with Crippen molar-refractivity contribution in [3.63, 3.8) is 0 Å². The number of nitrogens with zero attached hydrogens (tertiary/aromatic N) is 3. The molecule has 0 saturated carbocycles. The predicted molar refractivity (Wildman–Crippen MR) is 61.1 cm³/mol. The second kappa shape index (κ2) is 5.07. The molecule has 0 N–H and O–H groups in total. The number of halogens is 1. The molecule has 0 bridgehead atoms. The zero-order valence-electron chi connectivity index (χ0n) is 8.90. The Morgan fingerprint density at radius 2 is 2.60 bits per heavy atom. The van der Waals surface area contributed by atoms with Gasteiger partial charge in [0.2, 0.25) is 0 Å². The summed E-state index contributed by atoms with van der Waals surface area (Å²) in [6, 6.07) is 0.372. The molecule has 2 heterocycles. The van der Waals surface area contributed by atoms with Crippen LogP contribution < -0.4 is 0 Å². The van der Waals surface area contributed by atoms with Crippen LogP contribution in [0.2, 0.25) is 0 Å². The third-order valence-electron chi connectivity index (χ3n) is 2.72.